The number of hydrogen-bond acceptors (Lipinski definition) is 3. The molecule has 0 spiro atoms. The third-order valence-electron chi connectivity index (χ3n) is 3.40. The number of aliphatic hydroxyl groups excluding tert-OH is 1. The second-order valence-corrected chi connectivity index (χ2v) is 6.12. The normalized spacial score (nSPS) is 23.8. The second-order valence-electron chi connectivity index (χ2n) is 5.71. The van der Waals surface area contributed by atoms with Gasteiger partial charge in [0.1, 0.15) is 0 Å². The van der Waals surface area contributed by atoms with E-state index >= 15 is 0 Å². The predicted molar refractivity (Wildman–Crippen MR) is 76.3 cm³/mol. The van der Waals surface area contributed by atoms with Crippen molar-refractivity contribution in [2.45, 2.75) is 19.9 Å². The smallest absolute Gasteiger partial charge is 0.0647 e. The molecule has 0 aliphatic carbocycles. The van der Waals surface area contributed by atoms with Gasteiger partial charge in [0.2, 0.25) is 0 Å². The van der Waals surface area contributed by atoms with Gasteiger partial charge >= 0.3 is 0 Å². The van der Waals surface area contributed by atoms with E-state index in [1.165, 1.54) is 0 Å². The molecule has 2 N–H and O–H groups in total. The molecule has 100 valence electrons. The monoisotopic (exact) mass is 268 g/mol. The average Bonchev–Trinajstić information content (AvgIpc) is 2.47. The van der Waals surface area contributed by atoms with Crippen molar-refractivity contribution >= 4 is 17.3 Å². The van der Waals surface area contributed by atoms with Crippen LogP contribution in [0.4, 0.5) is 5.69 Å². The van der Waals surface area contributed by atoms with Gasteiger partial charge in [-0.3, -0.25) is 0 Å². The Kier molecular flexibility index (Phi) is 4.15. The van der Waals surface area contributed by atoms with Gasteiger partial charge in [-0.05, 0) is 17.5 Å². The first-order valence-electron chi connectivity index (χ1n) is 6.36. The van der Waals surface area contributed by atoms with Crippen molar-refractivity contribution in [3.63, 3.8) is 0 Å². The number of nitrogens with zero attached hydrogens (tertiary/aromatic N) is 1. The Morgan fingerprint density at radius 2 is 2.17 bits per heavy atom. The van der Waals surface area contributed by atoms with Crippen LogP contribution in [0.2, 0.25) is 5.02 Å². The number of rotatable bonds is 2. The Hall–Kier alpha value is -0.770. The van der Waals surface area contributed by atoms with Crippen molar-refractivity contribution in [2.24, 2.45) is 5.41 Å². The highest BCUT2D eigenvalue weighted by molar-refractivity contribution is 6.33. The molecule has 2 rings (SSSR count). The molecule has 18 heavy (non-hydrogen) atoms. The summed E-state index contributed by atoms with van der Waals surface area (Å²) >= 11 is 6.28. The average molecular weight is 269 g/mol. The molecule has 1 saturated heterocycles. The lowest BCUT2D eigenvalue weighted by Gasteiger charge is -2.35. The molecular weight excluding hydrogens is 248 g/mol. The predicted octanol–water partition coefficient (Wildman–Crippen LogP) is 2.14. The summed E-state index contributed by atoms with van der Waals surface area (Å²) in [7, 11) is 0. The first-order valence-corrected chi connectivity index (χ1v) is 6.74. The minimum atomic E-state index is 0.0756. The molecule has 0 radical (unpaired) electrons. The SMILES string of the molecule is CC1(C)CNCC(CO)N(c2ccccc2Cl)C1. The molecule has 4 heteroatoms. The lowest BCUT2D eigenvalue weighted by atomic mass is 9.93. The van der Waals surface area contributed by atoms with E-state index in [1.807, 2.05) is 24.3 Å². The van der Waals surface area contributed by atoms with Crippen molar-refractivity contribution in [3.8, 4) is 0 Å². The fourth-order valence-electron chi connectivity index (χ4n) is 2.46. The van der Waals surface area contributed by atoms with E-state index in [0.717, 1.165) is 30.3 Å². The fraction of sp³-hybridized carbons (Fsp3) is 0.571. The summed E-state index contributed by atoms with van der Waals surface area (Å²) in [4.78, 5) is 2.22. The number of hydrogen-bond donors (Lipinski definition) is 2. The second kappa shape index (κ2) is 5.47. The molecule has 3 nitrogen and oxygen atoms in total. The highest BCUT2D eigenvalue weighted by atomic mass is 35.5. The van der Waals surface area contributed by atoms with E-state index < -0.39 is 0 Å². The largest absolute Gasteiger partial charge is 0.394 e. The van der Waals surface area contributed by atoms with Crippen molar-refractivity contribution in [3.05, 3.63) is 29.3 Å². The van der Waals surface area contributed by atoms with Crippen LogP contribution in [0.15, 0.2) is 24.3 Å². The summed E-state index contributed by atoms with van der Waals surface area (Å²) in [5, 5.41) is 13.7. The van der Waals surface area contributed by atoms with E-state index in [1.54, 1.807) is 0 Å². The molecule has 1 atom stereocenters. The third-order valence-corrected chi connectivity index (χ3v) is 3.71. The first kappa shape index (κ1) is 13.7. The van der Waals surface area contributed by atoms with E-state index in [2.05, 4.69) is 24.1 Å². The fourth-order valence-corrected chi connectivity index (χ4v) is 2.71. The van der Waals surface area contributed by atoms with Gasteiger partial charge in [-0.25, -0.2) is 0 Å². The van der Waals surface area contributed by atoms with Crippen molar-refractivity contribution in [2.75, 3.05) is 31.1 Å². The molecule has 1 unspecified atom stereocenters. The molecule has 0 bridgehead atoms. The maximum absolute atomic E-state index is 9.58. The van der Waals surface area contributed by atoms with E-state index in [9.17, 15) is 5.11 Å². The lowest BCUT2D eigenvalue weighted by molar-refractivity contribution is 0.258. The maximum atomic E-state index is 9.58. The van der Waals surface area contributed by atoms with Crippen LogP contribution in [0.1, 0.15) is 13.8 Å². The van der Waals surface area contributed by atoms with Gasteiger partial charge in [0.05, 0.1) is 23.4 Å². The van der Waals surface area contributed by atoms with Gasteiger partial charge in [-0.1, -0.05) is 37.6 Å². The van der Waals surface area contributed by atoms with Crippen molar-refractivity contribution in [1.82, 2.24) is 5.32 Å². The number of nitrogens with one attached hydrogen (secondary N) is 1. The number of para-hydroxylation sites is 1. The Morgan fingerprint density at radius 1 is 1.44 bits per heavy atom. The Morgan fingerprint density at radius 3 is 2.83 bits per heavy atom. The minimum absolute atomic E-state index is 0.0756. The molecule has 0 aromatic heterocycles. The van der Waals surface area contributed by atoms with Crippen molar-refractivity contribution < 1.29 is 5.11 Å². The Balaban J connectivity index is 2.33. The molecule has 1 fully saturated rings. The molecule has 1 heterocycles. The number of anilines is 1. The van der Waals surface area contributed by atoms with Crippen molar-refractivity contribution in [1.29, 1.82) is 0 Å². The van der Waals surface area contributed by atoms with Crippen LogP contribution in [0.3, 0.4) is 0 Å². The number of benzene rings is 1. The molecule has 1 aliphatic rings. The summed E-state index contributed by atoms with van der Waals surface area (Å²) in [6.45, 7) is 7.20. The van der Waals surface area contributed by atoms with Gasteiger partial charge in [0.15, 0.2) is 0 Å². The zero-order valence-corrected chi connectivity index (χ0v) is 11.7. The van der Waals surface area contributed by atoms with Gasteiger partial charge in [-0.15, -0.1) is 0 Å². The summed E-state index contributed by atoms with van der Waals surface area (Å²) in [6.07, 6.45) is 0. The highest BCUT2D eigenvalue weighted by Crippen LogP contribution is 2.31. The summed E-state index contributed by atoms with van der Waals surface area (Å²) < 4.78 is 0. The molecule has 1 aliphatic heterocycles. The highest BCUT2D eigenvalue weighted by Gasteiger charge is 2.30. The molecule has 0 saturated carbocycles. The van der Waals surface area contributed by atoms with Gasteiger partial charge in [0.25, 0.3) is 0 Å². The molecule has 1 aromatic rings. The zero-order chi connectivity index (χ0) is 13.2. The summed E-state index contributed by atoms with van der Waals surface area (Å²) in [6, 6.07) is 7.91. The quantitative estimate of drug-likeness (QED) is 0.863. The van der Waals surface area contributed by atoms with Crippen LogP contribution in [0.5, 0.6) is 0 Å². The van der Waals surface area contributed by atoms with Crippen LogP contribution in [0, 0.1) is 5.41 Å². The minimum Gasteiger partial charge on any atom is -0.394 e. The van der Waals surface area contributed by atoms with Crippen LogP contribution < -0.4 is 10.2 Å². The summed E-state index contributed by atoms with van der Waals surface area (Å²) in [5.41, 5.74) is 1.17. The van der Waals surface area contributed by atoms with E-state index in [0.29, 0.717) is 0 Å². The van der Waals surface area contributed by atoms with Crippen LogP contribution in [0.25, 0.3) is 0 Å². The number of aliphatic hydroxyl groups is 1. The van der Waals surface area contributed by atoms with E-state index in [4.69, 9.17) is 11.6 Å². The maximum Gasteiger partial charge on any atom is 0.0647 e. The summed E-state index contributed by atoms with van der Waals surface area (Å²) in [5.74, 6) is 0. The molecular formula is C14H21ClN2O. The zero-order valence-electron chi connectivity index (χ0n) is 11.0. The lowest BCUT2D eigenvalue weighted by Crippen LogP contribution is -2.44. The van der Waals surface area contributed by atoms with Crippen LogP contribution in [-0.2, 0) is 0 Å². The van der Waals surface area contributed by atoms with Gasteiger partial charge in [0, 0.05) is 19.6 Å². The van der Waals surface area contributed by atoms with Gasteiger partial charge in [-0.2, -0.15) is 0 Å². The Labute approximate surface area is 114 Å². The topological polar surface area (TPSA) is 35.5 Å². The Bertz CT molecular complexity index is 409. The van der Waals surface area contributed by atoms with Gasteiger partial charge < -0.3 is 15.3 Å². The first-order chi connectivity index (χ1) is 8.53. The van der Waals surface area contributed by atoms with Crippen LogP contribution >= 0.6 is 11.6 Å². The van der Waals surface area contributed by atoms with E-state index in [-0.39, 0.29) is 18.1 Å². The van der Waals surface area contributed by atoms with Crippen LogP contribution in [-0.4, -0.2) is 37.4 Å². The molecule has 1 aromatic carbocycles. The molecule has 0 amide bonds. The number of halogens is 1. The third kappa shape index (κ3) is 2.97. The standard InChI is InChI=1S/C14H21ClN2O/c1-14(2)9-16-7-11(8-18)17(10-14)13-6-4-3-5-12(13)15/h3-6,11,16,18H,7-10H2,1-2H3.